The van der Waals surface area contributed by atoms with Gasteiger partial charge in [-0.2, -0.15) is 0 Å². The molecular formula is C19H23N3O3. The number of nitrogens with one attached hydrogen (secondary N) is 2. The van der Waals surface area contributed by atoms with Gasteiger partial charge in [0.1, 0.15) is 5.76 Å². The van der Waals surface area contributed by atoms with Crippen molar-refractivity contribution in [3.8, 4) is 0 Å². The number of hydrogen-bond acceptors (Lipinski definition) is 3. The summed E-state index contributed by atoms with van der Waals surface area (Å²) in [6.45, 7) is 1.63. The summed E-state index contributed by atoms with van der Waals surface area (Å²) in [5, 5.41) is 5.59. The van der Waals surface area contributed by atoms with Gasteiger partial charge in [-0.1, -0.05) is 30.3 Å². The van der Waals surface area contributed by atoms with Gasteiger partial charge >= 0.3 is 6.03 Å². The highest BCUT2D eigenvalue weighted by Crippen LogP contribution is 2.13. The van der Waals surface area contributed by atoms with Gasteiger partial charge in [0.05, 0.1) is 18.8 Å². The molecule has 2 heterocycles. The molecule has 0 unspecified atom stereocenters. The van der Waals surface area contributed by atoms with Crippen LogP contribution in [0.5, 0.6) is 0 Å². The van der Waals surface area contributed by atoms with Gasteiger partial charge in [0, 0.05) is 19.5 Å². The Bertz CT molecular complexity index is 685. The second-order valence-corrected chi connectivity index (χ2v) is 6.24. The first kappa shape index (κ1) is 17.1. The summed E-state index contributed by atoms with van der Waals surface area (Å²) in [7, 11) is 0. The lowest BCUT2D eigenvalue weighted by molar-refractivity contribution is -0.127. The largest absolute Gasteiger partial charge is 0.467 e. The molecule has 132 valence electrons. The molecule has 1 atom stereocenters. The van der Waals surface area contributed by atoms with E-state index in [2.05, 4.69) is 22.8 Å². The van der Waals surface area contributed by atoms with Crippen molar-refractivity contribution < 1.29 is 14.0 Å². The number of benzene rings is 1. The molecule has 1 aromatic heterocycles. The topological polar surface area (TPSA) is 74.6 Å². The van der Waals surface area contributed by atoms with E-state index in [0.29, 0.717) is 25.3 Å². The number of amides is 3. The van der Waals surface area contributed by atoms with E-state index in [1.165, 1.54) is 5.56 Å². The second-order valence-electron chi connectivity index (χ2n) is 6.24. The molecule has 2 N–H and O–H groups in total. The summed E-state index contributed by atoms with van der Waals surface area (Å²) < 4.78 is 5.16. The lowest BCUT2D eigenvalue weighted by atomic mass is 10.1. The van der Waals surface area contributed by atoms with E-state index in [1.807, 2.05) is 23.1 Å². The van der Waals surface area contributed by atoms with Crippen LogP contribution in [0, 0.1) is 0 Å². The zero-order valence-electron chi connectivity index (χ0n) is 14.1. The van der Waals surface area contributed by atoms with Crippen LogP contribution in [0.3, 0.4) is 0 Å². The van der Waals surface area contributed by atoms with Crippen LogP contribution in [0.4, 0.5) is 4.79 Å². The minimum atomic E-state index is -0.277. The van der Waals surface area contributed by atoms with Gasteiger partial charge in [-0.05, 0) is 30.5 Å². The van der Waals surface area contributed by atoms with Crippen molar-refractivity contribution in [2.75, 3.05) is 13.1 Å². The molecular weight excluding hydrogens is 318 g/mol. The van der Waals surface area contributed by atoms with Crippen molar-refractivity contribution in [2.24, 2.45) is 0 Å². The molecule has 0 aliphatic carbocycles. The maximum Gasteiger partial charge on any atom is 0.315 e. The van der Waals surface area contributed by atoms with Gasteiger partial charge in [-0.25, -0.2) is 4.79 Å². The predicted molar refractivity (Wildman–Crippen MR) is 93.8 cm³/mol. The Morgan fingerprint density at radius 2 is 2.04 bits per heavy atom. The third kappa shape index (κ3) is 5.11. The van der Waals surface area contributed by atoms with Crippen LogP contribution in [-0.2, 0) is 17.8 Å². The summed E-state index contributed by atoms with van der Waals surface area (Å²) in [5.41, 5.74) is 1.28. The fourth-order valence-corrected chi connectivity index (χ4v) is 3.02. The van der Waals surface area contributed by atoms with Crippen molar-refractivity contribution >= 4 is 11.9 Å². The van der Waals surface area contributed by atoms with Gasteiger partial charge in [-0.3, -0.25) is 4.79 Å². The smallest absolute Gasteiger partial charge is 0.315 e. The van der Waals surface area contributed by atoms with Gasteiger partial charge in [0.25, 0.3) is 0 Å². The number of carbonyl (C=O) groups excluding carboxylic acids is 2. The first-order chi connectivity index (χ1) is 12.2. The molecule has 0 saturated carbocycles. The molecule has 6 heteroatoms. The number of nitrogens with zero attached hydrogens (tertiary/aromatic N) is 1. The fourth-order valence-electron chi connectivity index (χ4n) is 3.02. The second kappa shape index (κ2) is 8.37. The number of carbonyl (C=O) groups is 2. The molecule has 3 amide bonds. The summed E-state index contributed by atoms with van der Waals surface area (Å²) in [6, 6.07) is 13.4. The predicted octanol–water partition coefficient (Wildman–Crippen LogP) is 2.31. The first-order valence-corrected chi connectivity index (χ1v) is 8.59. The lowest BCUT2D eigenvalue weighted by Gasteiger charge is -2.17. The Hall–Kier alpha value is -2.76. The third-order valence-corrected chi connectivity index (χ3v) is 4.29. The highest BCUT2D eigenvalue weighted by molar-refractivity contribution is 5.81. The number of likely N-dealkylation sites (tertiary alicyclic amines) is 1. The SMILES string of the molecule is O=C(NCc1ccco1)N[C@H]1CC(=O)N(CCCc2ccccc2)C1. The van der Waals surface area contributed by atoms with Crippen molar-refractivity contribution in [3.63, 3.8) is 0 Å². The Balaban J connectivity index is 1.37. The van der Waals surface area contributed by atoms with Crippen LogP contribution < -0.4 is 10.6 Å². The van der Waals surface area contributed by atoms with Gasteiger partial charge in [0.2, 0.25) is 5.91 Å². The molecule has 1 aliphatic heterocycles. The quantitative estimate of drug-likeness (QED) is 0.811. The molecule has 6 nitrogen and oxygen atoms in total. The Morgan fingerprint density at radius 1 is 1.20 bits per heavy atom. The molecule has 1 aliphatic rings. The van der Waals surface area contributed by atoms with Crippen LogP contribution in [0.15, 0.2) is 53.1 Å². The highest BCUT2D eigenvalue weighted by Gasteiger charge is 2.30. The lowest BCUT2D eigenvalue weighted by Crippen LogP contribution is -2.43. The van der Waals surface area contributed by atoms with E-state index in [-0.39, 0.29) is 18.0 Å². The maximum atomic E-state index is 12.1. The van der Waals surface area contributed by atoms with E-state index in [4.69, 9.17) is 4.42 Å². The number of urea groups is 1. The first-order valence-electron chi connectivity index (χ1n) is 8.59. The van der Waals surface area contributed by atoms with E-state index in [1.54, 1.807) is 18.4 Å². The normalized spacial score (nSPS) is 16.9. The maximum absolute atomic E-state index is 12.1. The van der Waals surface area contributed by atoms with Gasteiger partial charge in [-0.15, -0.1) is 0 Å². The van der Waals surface area contributed by atoms with Crippen LogP contribution >= 0.6 is 0 Å². The standard InChI is InChI=1S/C19H23N3O3/c23-18-12-16(21-19(24)20-13-17-9-5-11-25-17)14-22(18)10-4-8-15-6-2-1-3-7-15/h1-3,5-7,9,11,16H,4,8,10,12-14H2,(H2,20,21,24)/t16-/m0/s1. The average molecular weight is 341 g/mol. The molecule has 3 rings (SSSR count). The highest BCUT2D eigenvalue weighted by atomic mass is 16.3. The van der Waals surface area contributed by atoms with Crippen molar-refractivity contribution in [2.45, 2.75) is 31.8 Å². The number of hydrogen-bond donors (Lipinski definition) is 2. The monoisotopic (exact) mass is 341 g/mol. The van der Waals surface area contributed by atoms with E-state index in [9.17, 15) is 9.59 Å². The Labute approximate surface area is 147 Å². The number of furan rings is 1. The fraction of sp³-hybridized carbons (Fsp3) is 0.368. The van der Waals surface area contributed by atoms with Crippen LogP contribution in [0.2, 0.25) is 0 Å². The number of aryl methyl sites for hydroxylation is 1. The van der Waals surface area contributed by atoms with Crippen molar-refractivity contribution in [1.82, 2.24) is 15.5 Å². The average Bonchev–Trinajstić information content (AvgIpc) is 3.24. The van der Waals surface area contributed by atoms with Gasteiger partial charge in [0.15, 0.2) is 0 Å². The third-order valence-electron chi connectivity index (χ3n) is 4.29. The molecule has 2 aromatic rings. The van der Waals surface area contributed by atoms with E-state index in [0.717, 1.165) is 19.4 Å². The van der Waals surface area contributed by atoms with Crippen molar-refractivity contribution in [3.05, 3.63) is 60.1 Å². The zero-order chi connectivity index (χ0) is 17.5. The van der Waals surface area contributed by atoms with Gasteiger partial charge < -0.3 is 20.0 Å². The summed E-state index contributed by atoms with van der Waals surface area (Å²) in [5.74, 6) is 0.796. The Morgan fingerprint density at radius 3 is 2.80 bits per heavy atom. The molecule has 25 heavy (non-hydrogen) atoms. The molecule has 1 aromatic carbocycles. The van der Waals surface area contributed by atoms with Crippen LogP contribution in [0.1, 0.15) is 24.2 Å². The molecule has 1 fully saturated rings. The van der Waals surface area contributed by atoms with Crippen LogP contribution in [0.25, 0.3) is 0 Å². The minimum absolute atomic E-state index is 0.101. The summed E-state index contributed by atoms with van der Waals surface area (Å²) >= 11 is 0. The summed E-state index contributed by atoms with van der Waals surface area (Å²) in [4.78, 5) is 25.8. The van der Waals surface area contributed by atoms with E-state index < -0.39 is 0 Å². The Kier molecular flexibility index (Phi) is 5.72. The molecule has 0 bridgehead atoms. The van der Waals surface area contributed by atoms with E-state index >= 15 is 0 Å². The molecule has 0 radical (unpaired) electrons. The minimum Gasteiger partial charge on any atom is -0.467 e. The van der Waals surface area contributed by atoms with Crippen LogP contribution in [-0.4, -0.2) is 36.0 Å². The molecule has 1 saturated heterocycles. The van der Waals surface area contributed by atoms with Crippen molar-refractivity contribution in [1.29, 1.82) is 0 Å². The molecule has 0 spiro atoms. The zero-order valence-corrected chi connectivity index (χ0v) is 14.1. The summed E-state index contributed by atoms with van der Waals surface area (Å²) in [6.07, 6.45) is 3.80. The number of rotatable bonds is 7.